The Bertz CT molecular complexity index is 365. The molecule has 27 heavy (non-hydrogen) atoms. The van der Waals surface area contributed by atoms with Crippen molar-refractivity contribution in [2.75, 3.05) is 52.9 Å². The van der Waals surface area contributed by atoms with Crippen LogP contribution in [-0.4, -0.2) is 77.6 Å². The lowest BCUT2D eigenvalue weighted by atomic mass is 10.2. The molecule has 3 heterocycles. The Morgan fingerprint density at radius 2 is 1.48 bits per heavy atom. The summed E-state index contributed by atoms with van der Waals surface area (Å²) >= 11 is 0. The molecular weight excluding hydrogens is 352 g/mol. The molecule has 3 saturated heterocycles. The van der Waals surface area contributed by atoms with Gasteiger partial charge in [-0.2, -0.15) is 0 Å². The average Bonchev–Trinajstić information content (AvgIpc) is 3.53. The van der Waals surface area contributed by atoms with E-state index in [0.717, 1.165) is 71.4 Å². The van der Waals surface area contributed by atoms with Crippen molar-refractivity contribution in [2.45, 2.75) is 76.2 Å². The lowest BCUT2D eigenvalue weighted by Crippen LogP contribution is -2.34. The van der Waals surface area contributed by atoms with Crippen LogP contribution in [0.3, 0.4) is 0 Å². The number of ether oxygens (including phenoxy) is 7. The number of rotatable bonds is 14. The van der Waals surface area contributed by atoms with Gasteiger partial charge in [0.15, 0.2) is 12.6 Å². The van der Waals surface area contributed by atoms with Crippen molar-refractivity contribution in [3.8, 4) is 0 Å². The van der Waals surface area contributed by atoms with Gasteiger partial charge in [-0.1, -0.05) is 0 Å². The summed E-state index contributed by atoms with van der Waals surface area (Å²) in [7, 11) is 0. The monoisotopic (exact) mass is 388 g/mol. The van der Waals surface area contributed by atoms with Crippen LogP contribution in [-0.2, 0) is 33.2 Å². The second-order valence-corrected chi connectivity index (χ2v) is 7.47. The van der Waals surface area contributed by atoms with E-state index >= 15 is 0 Å². The van der Waals surface area contributed by atoms with Gasteiger partial charge in [0.2, 0.25) is 0 Å². The van der Waals surface area contributed by atoms with E-state index in [2.05, 4.69) is 0 Å². The fourth-order valence-electron chi connectivity index (χ4n) is 3.32. The van der Waals surface area contributed by atoms with Crippen molar-refractivity contribution in [1.82, 2.24) is 0 Å². The molecule has 158 valence electrons. The minimum atomic E-state index is -0.136. The SMILES string of the molecule is C1CCC(OCCOCC(COCCCC2CO2)OC2CCCCO2)OC1. The molecule has 0 amide bonds. The van der Waals surface area contributed by atoms with Gasteiger partial charge >= 0.3 is 0 Å². The van der Waals surface area contributed by atoms with Crippen LogP contribution in [0.2, 0.25) is 0 Å². The Hall–Kier alpha value is -0.280. The van der Waals surface area contributed by atoms with Crippen LogP contribution in [0, 0.1) is 0 Å². The highest BCUT2D eigenvalue weighted by Gasteiger charge is 2.22. The third-order valence-corrected chi connectivity index (χ3v) is 4.98. The molecule has 0 radical (unpaired) electrons. The van der Waals surface area contributed by atoms with Gasteiger partial charge in [0, 0.05) is 19.8 Å². The van der Waals surface area contributed by atoms with Crippen LogP contribution < -0.4 is 0 Å². The fourth-order valence-corrected chi connectivity index (χ4v) is 3.32. The first-order valence-corrected chi connectivity index (χ1v) is 10.7. The molecule has 3 fully saturated rings. The highest BCUT2D eigenvalue weighted by Crippen LogP contribution is 2.17. The molecule has 7 nitrogen and oxygen atoms in total. The summed E-state index contributed by atoms with van der Waals surface area (Å²) in [6.07, 6.45) is 8.73. The summed E-state index contributed by atoms with van der Waals surface area (Å²) in [4.78, 5) is 0. The van der Waals surface area contributed by atoms with Crippen LogP contribution in [0.15, 0.2) is 0 Å². The molecule has 4 unspecified atom stereocenters. The molecule has 0 aromatic carbocycles. The molecule has 0 aromatic heterocycles. The Kier molecular flexibility index (Phi) is 10.3. The quantitative estimate of drug-likeness (QED) is 0.335. The van der Waals surface area contributed by atoms with E-state index in [1.165, 1.54) is 6.42 Å². The third kappa shape index (κ3) is 9.65. The maximum Gasteiger partial charge on any atom is 0.158 e. The molecule has 7 heteroatoms. The minimum Gasteiger partial charge on any atom is -0.379 e. The van der Waals surface area contributed by atoms with E-state index in [1.807, 2.05) is 0 Å². The maximum atomic E-state index is 6.07. The second kappa shape index (κ2) is 13.0. The number of hydrogen-bond donors (Lipinski definition) is 0. The molecule has 0 saturated carbocycles. The molecule has 4 atom stereocenters. The number of epoxide rings is 1. The van der Waals surface area contributed by atoms with Gasteiger partial charge in [-0.15, -0.1) is 0 Å². The van der Waals surface area contributed by atoms with Gasteiger partial charge < -0.3 is 33.2 Å². The molecular formula is C20H36O7. The van der Waals surface area contributed by atoms with Crippen molar-refractivity contribution in [1.29, 1.82) is 0 Å². The Morgan fingerprint density at radius 1 is 0.778 bits per heavy atom. The Balaban J connectivity index is 1.26. The van der Waals surface area contributed by atoms with E-state index in [4.69, 9.17) is 33.2 Å². The molecule has 0 bridgehead atoms. The van der Waals surface area contributed by atoms with Gasteiger partial charge in [0.05, 0.1) is 39.1 Å². The zero-order valence-electron chi connectivity index (χ0n) is 16.5. The first-order chi connectivity index (χ1) is 13.4. The smallest absolute Gasteiger partial charge is 0.158 e. The summed E-state index contributed by atoms with van der Waals surface area (Å²) < 4.78 is 39.8. The van der Waals surface area contributed by atoms with Gasteiger partial charge in [-0.25, -0.2) is 0 Å². The Morgan fingerprint density at radius 3 is 2.15 bits per heavy atom. The molecule has 0 N–H and O–H groups in total. The fraction of sp³-hybridized carbons (Fsp3) is 1.00. The second-order valence-electron chi connectivity index (χ2n) is 7.47. The third-order valence-electron chi connectivity index (χ3n) is 4.98. The topological polar surface area (TPSA) is 67.9 Å². The average molecular weight is 389 g/mol. The molecule has 0 spiro atoms. The van der Waals surface area contributed by atoms with Gasteiger partial charge in [-0.3, -0.25) is 0 Å². The van der Waals surface area contributed by atoms with Crippen LogP contribution in [0.4, 0.5) is 0 Å². The largest absolute Gasteiger partial charge is 0.379 e. The number of hydrogen-bond acceptors (Lipinski definition) is 7. The van der Waals surface area contributed by atoms with Crippen molar-refractivity contribution < 1.29 is 33.2 Å². The minimum absolute atomic E-state index is 0.0659. The van der Waals surface area contributed by atoms with Crippen molar-refractivity contribution in [3.63, 3.8) is 0 Å². The van der Waals surface area contributed by atoms with E-state index in [0.29, 0.717) is 32.5 Å². The first-order valence-electron chi connectivity index (χ1n) is 10.7. The van der Waals surface area contributed by atoms with Crippen LogP contribution in [0.25, 0.3) is 0 Å². The lowest BCUT2D eigenvalue weighted by Gasteiger charge is -2.28. The standard InChI is InChI=1S/C20H36O7/c1-3-10-23-19(7-1)25-13-12-22-15-18(27-20-8-2-4-11-24-20)14-21-9-5-6-17-16-26-17/h17-20H,1-16H2. The molecule has 0 aromatic rings. The maximum absolute atomic E-state index is 6.07. The zero-order chi connectivity index (χ0) is 18.6. The highest BCUT2D eigenvalue weighted by atomic mass is 16.7. The molecule has 0 aliphatic carbocycles. The van der Waals surface area contributed by atoms with Gasteiger partial charge in [0.25, 0.3) is 0 Å². The highest BCUT2D eigenvalue weighted by molar-refractivity contribution is 4.68. The van der Waals surface area contributed by atoms with Crippen molar-refractivity contribution in [2.24, 2.45) is 0 Å². The van der Waals surface area contributed by atoms with Crippen molar-refractivity contribution in [3.05, 3.63) is 0 Å². The van der Waals surface area contributed by atoms with Gasteiger partial charge in [0.1, 0.15) is 6.10 Å². The van der Waals surface area contributed by atoms with Gasteiger partial charge in [-0.05, 0) is 51.4 Å². The van der Waals surface area contributed by atoms with Crippen LogP contribution in [0.1, 0.15) is 51.4 Å². The van der Waals surface area contributed by atoms with E-state index in [9.17, 15) is 0 Å². The molecule has 3 aliphatic heterocycles. The van der Waals surface area contributed by atoms with Crippen LogP contribution >= 0.6 is 0 Å². The molecule has 3 rings (SSSR count). The summed E-state index contributed by atoms with van der Waals surface area (Å²) in [6.45, 7) is 5.30. The Labute approximate surface area is 162 Å². The normalized spacial score (nSPS) is 29.6. The van der Waals surface area contributed by atoms with E-state index in [-0.39, 0.29) is 18.7 Å². The lowest BCUT2D eigenvalue weighted by molar-refractivity contribution is -0.211. The summed E-state index contributed by atoms with van der Waals surface area (Å²) in [5, 5.41) is 0. The summed E-state index contributed by atoms with van der Waals surface area (Å²) in [6, 6.07) is 0. The summed E-state index contributed by atoms with van der Waals surface area (Å²) in [5.74, 6) is 0. The van der Waals surface area contributed by atoms with E-state index in [1.54, 1.807) is 0 Å². The summed E-state index contributed by atoms with van der Waals surface area (Å²) in [5.41, 5.74) is 0. The first kappa shape index (κ1) is 21.4. The van der Waals surface area contributed by atoms with Crippen LogP contribution in [0.5, 0.6) is 0 Å². The molecule has 3 aliphatic rings. The predicted octanol–water partition coefficient (Wildman–Crippen LogP) is 2.65. The predicted molar refractivity (Wildman–Crippen MR) is 98.6 cm³/mol. The van der Waals surface area contributed by atoms with Crippen molar-refractivity contribution >= 4 is 0 Å². The zero-order valence-corrected chi connectivity index (χ0v) is 16.5. The van der Waals surface area contributed by atoms with E-state index < -0.39 is 0 Å².